The first-order valence-electron chi connectivity index (χ1n) is 6.31. The highest BCUT2D eigenvalue weighted by atomic mass is 19.1. The van der Waals surface area contributed by atoms with Crippen LogP contribution in [0.25, 0.3) is 0 Å². The molecule has 1 N–H and O–H groups in total. The zero-order chi connectivity index (χ0) is 12.8. The van der Waals surface area contributed by atoms with Gasteiger partial charge in [-0.25, -0.2) is 4.98 Å². The fourth-order valence-corrected chi connectivity index (χ4v) is 2.07. The number of nitrogens with one attached hydrogen (secondary N) is 1. The summed E-state index contributed by atoms with van der Waals surface area (Å²) in [4.78, 5) is 6.09. The molecule has 0 bridgehead atoms. The van der Waals surface area contributed by atoms with E-state index >= 15 is 0 Å². The van der Waals surface area contributed by atoms with Crippen molar-refractivity contribution >= 4 is 5.69 Å². The molecule has 18 heavy (non-hydrogen) atoms. The molecule has 1 aromatic heterocycles. The predicted molar refractivity (Wildman–Crippen MR) is 71.0 cm³/mol. The van der Waals surface area contributed by atoms with E-state index in [0.29, 0.717) is 12.0 Å². The molecular formula is C14H18FN3. The average molecular weight is 247 g/mol. The number of pyridine rings is 1. The van der Waals surface area contributed by atoms with Crippen molar-refractivity contribution in [3.05, 3.63) is 23.8 Å². The molecule has 0 aromatic carbocycles. The highest BCUT2D eigenvalue weighted by Crippen LogP contribution is 2.18. The summed E-state index contributed by atoms with van der Waals surface area (Å²) < 4.78 is 13.5. The average Bonchev–Trinajstić information content (AvgIpc) is 2.67. The van der Waals surface area contributed by atoms with Crippen LogP contribution in [0.15, 0.2) is 12.3 Å². The van der Waals surface area contributed by atoms with Crippen molar-refractivity contribution in [3.63, 3.8) is 0 Å². The number of halogens is 1. The Labute approximate surface area is 107 Å². The Kier molecular flexibility index (Phi) is 4.54. The normalized spacial score (nSPS) is 15.8. The van der Waals surface area contributed by atoms with Gasteiger partial charge >= 0.3 is 0 Å². The summed E-state index contributed by atoms with van der Waals surface area (Å²) in [6.45, 7) is 5.68. The maximum atomic E-state index is 13.5. The van der Waals surface area contributed by atoms with Crippen molar-refractivity contribution in [2.75, 3.05) is 31.1 Å². The minimum absolute atomic E-state index is 0.408. The van der Waals surface area contributed by atoms with Crippen LogP contribution in [0.4, 0.5) is 10.1 Å². The molecule has 2 rings (SSSR count). The number of hydrogen-bond donors (Lipinski definition) is 1. The SMILES string of the molecule is CC#CCc1cc(N2CCCNCC2)cnc1F. The van der Waals surface area contributed by atoms with E-state index in [-0.39, 0.29) is 0 Å². The maximum absolute atomic E-state index is 13.5. The molecule has 0 aliphatic carbocycles. The molecule has 1 aliphatic heterocycles. The molecule has 3 nitrogen and oxygen atoms in total. The maximum Gasteiger partial charge on any atom is 0.217 e. The van der Waals surface area contributed by atoms with Gasteiger partial charge in [-0.15, -0.1) is 5.92 Å². The van der Waals surface area contributed by atoms with E-state index in [2.05, 4.69) is 27.0 Å². The Morgan fingerprint density at radius 1 is 1.44 bits per heavy atom. The quantitative estimate of drug-likeness (QED) is 0.635. The molecular weight excluding hydrogens is 229 g/mol. The Balaban J connectivity index is 2.18. The molecule has 4 heteroatoms. The van der Waals surface area contributed by atoms with Gasteiger partial charge in [-0.05, 0) is 26.0 Å². The standard InChI is InChI=1S/C14H18FN3/c1-2-3-5-12-10-13(11-17-14(12)15)18-8-4-6-16-7-9-18/h10-11,16H,4-9H2,1H3. The topological polar surface area (TPSA) is 28.2 Å². The van der Waals surface area contributed by atoms with Crippen LogP contribution in [0.2, 0.25) is 0 Å². The minimum atomic E-state index is -0.408. The van der Waals surface area contributed by atoms with E-state index in [4.69, 9.17) is 0 Å². The molecule has 0 spiro atoms. The third-order valence-electron chi connectivity index (χ3n) is 3.06. The lowest BCUT2D eigenvalue weighted by Gasteiger charge is -2.22. The second kappa shape index (κ2) is 6.36. The fourth-order valence-electron chi connectivity index (χ4n) is 2.07. The van der Waals surface area contributed by atoms with Crippen molar-refractivity contribution in [2.24, 2.45) is 0 Å². The summed E-state index contributed by atoms with van der Waals surface area (Å²) in [5.41, 5.74) is 1.58. The van der Waals surface area contributed by atoms with Gasteiger partial charge in [0.15, 0.2) is 0 Å². The first kappa shape index (κ1) is 12.8. The Morgan fingerprint density at radius 3 is 3.17 bits per heavy atom. The van der Waals surface area contributed by atoms with Crippen molar-refractivity contribution in [1.29, 1.82) is 0 Å². The van der Waals surface area contributed by atoms with Crippen LogP contribution in [0.5, 0.6) is 0 Å². The third-order valence-corrected chi connectivity index (χ3v) is 3.06. The molecule has 0 radical (unpaired) electrons. The van der Waals surface area contributed by atoms with Crippen LogP contribution < -0.4 is 10.2 Å². The molecule has 1 aromatic rings. The summed E-state index contributed by atoms with van der Waals surface area (Å²) in [6.07, 6.45) is 3.14. The summed E-state index contributed by atoms with van der Waals surface area (Å²) in [5, 5.41) is 3.35. The van der Waals surface area contributed by atoms with Crippen molar-refractivity contribution in [2.45, 2.75) is 19.8 Å². The van der Waals surface area contributed by atoms with E-state index in [9.17, 15) is 4.39 Å². The highest BCUT2D eigenvalue weighted by Gasteiger charge is 2.12. The molecule has 1 aliphatic rings. The fraction of sp³-hybridized carbons (Fsp3) is 0.500. The Hall–Kier alpha value is -1.60. The molecule has 0 unspecified atom stereocenters. The van der Waals surface area contributed by atoms with Gasteiger partial charge in [0.25, 0.3) is 0 Å². The number of rotatable bonds is 2. The van der Waals surface area contributed by atoms with Crippen LogP contribution in [-0.2, 0) is 6.42 Å². The second-order valence-electron chi connectivity index (χ2n) is 4.34. The minimum Gasteiger partial charge on any atom is -0.369 e. The second-order valence-corrected chi connectivity index (χ2v) is 4.34. The first-order valence-corrected chi connectivity index (χ1v) is 6.31. The van der Waals surface area contributed by atoms with Gasteiger partial charge in [0, 0.05) is 31.6 Å². The molecule has 1 fully saturated rings. The predicted octanol–water partition coefficient (Wildman–Crippen LogP) is 1.59. The Bertz CT molecular complexity index is 454. The summed E-state index contributed by atoms with van der Waals surface area (Å²) in [7, 11) is 0. The summed E-state index contributed by atoms with van der Waals surface area (Å²) in [6, 6.07) is 1.87. The van der Waals surface area contributed by atoms with Gasteiger partial charge in [0.1, 0.15) is 0 Å². The van der Waals surface area contributed by atoms with Gasteiger partial charge < -0.3 is 10.2 Å². The zero-order valence-corrected chi connectivity index (χ0v) is 10.7. The lowest BCUT2D eigenvalue weighted by atomic mass is 10.2. The van der Waals surface area contributed by atoms with Gasteiger partial charge in [-0.3, -0.25) is 0 Å². The van der Waals surface area contributed by atoms with E-state index in [1.54, 1.807) is 13.1 Å². The van der Waals surface area contributed by atoms with E-state index in [0.717, 1.165) is 38.3 Å². The van der Waals surface area contributed by atoms with Gasteiger partial charge in [0.05, 0.1) is 11.9 Å². The smallest absolute Gasteiger partial charge is 0.217 e. The van der Waals surface area contributed by atoms with E-state index in [1.807, 2.05) is 6.07 Å². The highest BCUT2D eigenvalue weighted by molar-refractivity contribution is 5.47. The molecule has 0 saturated carbocycles. The van der Waals surface area contributed by atoms with Crippen LogP contribution in [0, 0.1) is 17.8 Å². The summed E-state index contributed by atoms with van der Waals surface area (Å²) in [5.74, 6) is 5.26. The van der Waals surface area contributed by atoms with E-state index < -0.39 is 5.95 Å². The monoisotopic (exact) mass is 247 g/mol. The Morgan fingerprint density at radius 2 is 2.33 bits per heavy atom. The van der Waals surface area contributed by atoms with Gasteiger partial charge in [0.2, 0.25) is 5.95 Å². The summed E-state index contributed by atoms with van der Waals surface area (Å²) >= 11 is 0. The van der Waals surface area contributed by atoms with Crippen molar-refractivity contribution in [1.82, 2.24) is 10.3 Å². The number of aromatic nitrogens is 1. The van der Waals surface area contributed by atoms with Crippen LogP contribution in [-0.4, -0.2) is 31.2 Å². The molecule has 1 saturated heterocycles. The van der Waals surface area contributed by atoms with Crippen LogP contribution in [0.1, 0.15) is 18.9 Å². The zero-order valence-electron chi connectivity index (χ0n) is 10.7. The van der Waals surface area contributed by atoms with Crippen LogP contribution >= 0.6 is 0 Å². The lowest BCUT2D eigenvalue weighted by Crippen LogP contribution is -2.28. The van der Waals surface area contributed by atoms with Crippen molar-refractivity contribution < 1.29 is 4.39 Å². The number of hydrogen-bond acceptors (Lipinski definition) is 3. The van der Waals surface area contributed by atoms with E-state index in [1.165, 1.54) is 0 Å². The molecule has 0 atom stereocenters. The first-order chi connectivity index (χ1) is 8.81. The van der Waals surface area contributed by atoms with Gasteiger partial charge in [-0.2, -0.15) is 4.39 Å². The van der Waals surface area contributed by atoms with Gasteiger partial charge in [-0.1, -0.05) is 5.92 Å². The number of nitrogens with zero attached hydrogens (tertiary/aromatic N) is 2. The molecule has 2 heterocycles. The molecule has 96 valence electrons. The van der Waals surface area contributed by atoms with Crippen LogP contribution in [0.3, 0.4) is 0 Å². The molecule has 0 amide bonds. The largest absolute Gasteiger partial charge is 0.369 e. The van der Waals surface area contributed by atoms with Crippen molar-refractivity contribution in [3.8, 4) is 11.8 Å². The third kappa shape index (κ3) is 3.21. The lowest BCUT2D eigenvalue weighted by molar-refractivity contribution is 0.571. The number of anilines is 1.